The van der Waals surface area contributed by atoms with Crippen molar-refractivity contribution >= 4 is 0 Å². The van der Waals surface area contributed by atoms with Gasteiger partial charge in [0.1, 0.15) is 0 Å². The highest BCUT2D eigenvalue weighted by Gasteiger charge is 2.34. The van der Waals surface area contributed by atoms with E-state index < -0.39 is 0 Å². The third-order valence-electron chi connectivity index (χ3n) is 4.91. The van der Waals surface area contributed by atoms with Gasteiger partial charge in [-0.25, -0.2) is 0 Å². The average molecular weight is 303 g/mol. The highest BCUT2D eigenvalue weighted by molar-refractivity contribution is 5.44. The first-order valence-corrected chi connectivity index (χ1v) is 9.17. The van der Waals surface area contributed by atoms with Crippen molar-refractivity contribution in [2.24, 2.45) is 11.1 Å². The number of hydrogen-bond acceptors (Lipinski definition) is 2. The zero-order valence-electron chi connectivity index (χ0n) is 14.9. The van der Waals surface area contributed by atoms with Crippen LogP contribution in [0.4, 0.5) is 0 Å². The summed E-state index contributed by atoms with van der Waals surface area (Å²) in [5, 5.41) is 9.51. The molecule has 0 aromatic rings. The summed E-state index contributed by atoms with van der Waals surface area (Å²) in [6.45, 7) is 6.72. The Morgan fingerprint density at radius 2 is 1.73 bits per heavy atom. The molecule has 124 valence electrons. The highest BCUT2D eigenvalue weighted by Crippen LogP contribution is 2.44. The van der Waals surface area contributed by atoms with Crippen LogP contribution in [0.5, 0.6) is 0 Å². The van der Waals surface area contributed by atoms with Gasteiger partial charge in [-0.05, 0) is 31.8 Å². The van der Waals surface area contributed by atoms with E-state index in [9.17, 15) is 5.26 Å². The number of nitrogens with zero attached hydrogens (tertiary/aromatic N) is 1. The molecule has 0 radical (unpaired) electrons. The summed E-state index contributed by atoms with van der Waals surface area (Å²) in [7, 11) is 0. The van der Waals surface area contributed by atoms with Crippen LogP contribution in [-0.4, -0.2) is 0 Å². The summed E-state index contributed by atoms with van der Waals surface area (Å²) in [6, 6.07) is 2.39. The lowest BCUT2D eigenvalue weighted by Crippen LogP contribution is -2.26. The molecule has 0 saturated heterocycles. The molecule has 22 heavy (non-hydrogen) atoms. The first-order chi connectivity index (χ1) is 10.6. The minimum atomic E-state index is -0.0403. The number of rotatable bonds is 10. The van der Waals surface area contributed by atoms with E-state index in [1.807, 2.05) is 0 Å². The average Bonchev–Trinajstić information content (AvgIpc) is 2.48. The van der Waals surface area contributed by atoms with Gasteiger partial charge in [0.2, 0.25) is 0 Å². The summed E-state index contributed by atoms with van der Waals surface area (Å²) in [6.07, 6.45) is 15.5. The van der Waals surface area contributed by atoms with Crippen molar-refractivity contribution < 1.29 is 0 Å². The zero-order valence-corrected chi connectivity index (χ0v) is 14.9. The summed E-state index contributed by atoms with van der Waals surface area (Å²) < 4.78 is 0. The number of unbranched alkanes of at least 4 members (excludes halogenated alkanes) is 6. The van der Waals surface area contributed by atoms with Crippen molar-refractivity contribution in [3.63, 3.8) is 0 Å². The second-order valence-electron chi connectivity index (χ2n) is 7.10. The third kappa shape index (κ3) is 5.52. The Morgan fingerprint density at radius 1 is 1.09 bits per heavy atom. The van der Waals surface area contributed by atoms with E-state index >= 15 is 0 Å². The summed E-state index contributed by atoms with van der Waals surface area (Å²) in [5.74, 6) is 0. The van der Waals surface area contributed by atoms with Crippen LogP contribution in [0.15, 0.2) is 22.9 Å². The predicted molar refractivity (Wildman–Crippen MR) is 95.2 cm³/mol. The number of allylic oxidation sites excluding steroid dienone is 3. The van der Waals surface area contributed by atoms with E-state index in [2.05, 4.69) is 32.9 Å². The standard InChI is InChI=1S/C20H34N2/c1-4-6-8-10-12-17-14-19(22)18(16-21)20(3,15-17)13-11-9-7-5-2/h14H,4-13,15,22H2,1-3H3. The van der Waals surface area contributed by atoms with Gasteiger partial charge in [-0.3, -0.25) is 0 Å². The molecule has 0 fully saturated rings. The highest BCUT2D eigenvalue weighted by atomic mass is 14.6. The molecular formula is C20H34N2. The van der Waals surface area contributed by atoms with Gasteiger partial charge in [0.05, 0.1) is 11.6 Å². The fourth-order valence-electron chi connectivity index (χ4n) is 3.58. The van der Waals surface area contributed by atoms with Gasteiger partial charge in [0, 0.05) is 11.1 Å². The summed E-state index contributed by atoms with van der Waals surface area (Å²) >= 11 is 0. The van der Waals surface area contributed by atoms with Crippen molar-refractivity contribution in [3.8, 4) is 6.07 Å². The molecule has 2 heteroatoms. The van der Waals surface area contributed by atoms with Crippen LogP contribution in [-0.2, 0) is 0 Å². The fourth-order valence-corrected chi connectivity index (χ4v) is 3.58. The molecule has 2 nitrogen and oxygen atoms in total. The van der Waals surface area contributed by atoms with E-state index in [0.717, 1.165) is 30.5 Å². The van der Waals surface area contributed by atoms with Crippen molar-refractivity contribution in [2.75, 3.05) is 0 Å². The minimum Gasteiger partial charge on any atom is -0.398 e. The van der Waals surface area contributed by atoms with Crippen LogP contribution >= 0.6 is 0 Å². The molecule has 1 unspecified atom stereocenters. The molecule has 1 aliphatic carbocycles. The smallest absolute Gasteiger partial charge is 0.0974 e. The van der Waals surface area contributed by atoms with Crippen molar-refractivity contribution in [1.29, 1.82) is 5.26 Å². The van der Waals surface area contributed by atoms with Gasteiger partial charge in [0.15, 0.2) is 0 Å². The Hall–Kier alpha value is -1.23. The Kier molecular flexibility index (Phi) is 8.31. The minimum absolute atomic E-state index is 0.0403. The van der Waals surface area contributed by atoms with E-state index in [0.29, 0.717) is 0 Å². The Balaban J connectivity index is 2.69. The van der Waals surface area contributed by atoms with Crippen LogP contribution < -0.4 is 5.73 Å². The molecule has 0 aromatic carbocycles. The lowest BCUT2D eigenvalue weighted by Gasteiger charge is -2.34. The number of nitriles is 1. The predicted octanol–water partition coefficient (Wildman–Crippen LogP) is 6.00. The zero-order chi connectivity index (χ0) is 16.4. The first-order valence-electron chi connectivity index (χ1n) is 9.17. The van der Waals surface area contributed by atoms with Gasteiger partial charge < -0.3 is 5.73 Å². The summed E-state index contributed by atoms with van der Waals surface area (Å²) in [5.41, 5.74) is 9.15. The maximum Gasteiger partial charge on any atom is 0.0974 e. The number of nitrogens with two attached hydrogens (primary N) is 1. The van der Waals surface area contributed by atoms with E-state index in [4.69, 9.17) is 5.73 Å². The molecule has 1 aliphatic rings. The molecular weight excluding hydrogens is 268 g/mol. The van der Waals surface area contributed by atoms with Crippen LogP contribution in [0.1, 0.15) is 91.4 Å². The maximum absolute atomic E-state index is 9.51. The second kappa shape index (κ2) is 9.72. The first kappa shape index (κ1) is 18.8. The molecule has 0 bridgehead atoms. The topological polar surface area (TPSA) is 49.8 Å². The van der Waals surface area contributed by atoms with Gasteiger partial charge in [-0.2, -0.15) is 5.26 Å². The SMILES string of the molecule is CCCCCCC1=CC(N)=C(C#N)C(C)(CCCCCC)C1. The van der Waals surface area contributed by atoms with Crippen LogP contribution in [0.25, 0.3) is 0 Å². The van der Waals surface area contributed by atoms with E-state index in [-0.39, 0.29) is 5.41 Å². The van der Waals surface area contributed by atoms with Gasteiger partial charge in [-0.15, -0.1) is 0 Å². The van der Waals surface area contributed by atoms with Gasteiger partial charge in [0.25, 0.3) is 0 Å². The lowest BCUT2D eigenvalue weighted by atomic mass is 9.69. The largest absolute Gasteiger partial charge is 0.398 e. The Labute approximate surface area is 137 Å². The molecule has 0 spiro atoms. The van der Waals surface area contributed by atoms with Crippen LogP contribution in [0.2, 0.25) is 0 Å². The molecule has 0 aliphatic heterocycles. The van der Waals surface area contributed by atoms with Crippen molar-refractivity contribution in [3.05, 3.63) is 22.9 Å². The molecule has 0 heterocycles. The third-order valence-corrected chi connectivity index (χ3v) is 4.91. The number of hydrogen-bond donors (Lipinski definition) is 1. The molecule has 1 atom stereocenters. The second-order valence-corrected chi connectivity index (χ2v) is 7.10. The van der Waals surface area contributed by atoms with Crippen LogP contribution in [0, 0.1) is 16.7 Å². The fraction of sp³-hybridized carbons (Fsp3) is 0.750. The normalized spacial score (nSPS) is 21.6. The Bertz CT molecular complexity index is 439. The monoisotopic (exact) mass is 302 g/mol. The molecule has 0 saturated carbocycles. The lowest BCUT2D eigenvalue weighted by molar-refractivity contribution is 0.341. The quantitative estimate of drug-likeness (QED) is 0.503. The van der Waals surface area contributed by atoms with Gasteiger partial charge in [-0.1, -0.05) is 71.3 Å². The van der Waals surface area contributed by atoms with E-state index in [1.165, 1.54) is 56.9 Å². The molecule has 1 rings (SSSR count). The van der Waals surface area contributed by atoms with Gasteiger partial charge >= 0.3 is 0 Å². The maximum atomic E-state index is 9.51. The van der Waals surface area contributed by atoms with Crippen molar-refractivity contribution in [2.45, 2.75) is 91.4 Å². The van der Waals surface area contributed by atoms with Crippen molar-refractivity contribution in [1.82, 2.24) is 0 Å². The Morgan fingerprint density at radius 3 is 2.32 bits per heavy atom. The summed E-state index contributed by atoms with van der Waals surface area (Å²) in [4.78, 5) is 0. The molecule has 0 amide bonds. The van der Waals surface area contributed by atoms with Crippen LogP contribution in [0.3, 0.4) is 0 Å². The molecule has 2 N–H and O–H groups in total. The van der Waals surface area contributed by atoms with E-state index in [1.54, 1.807) is 0 Å². The molecule has 0 aromatic heterocycles.